The third kappa shape index (κ3) is 2.98. The maximum Gasteiger partial charge on any atom is 0.220 e. The summed E-state index contributed by atoms with van der Waals surface area (Å²) in [7, 11) is 0. The number of halogens is 1. The fourth-order valence-electron chi connectivity index (χ4n) is 1.94. The van der Waals surface area contributed by atoms with Crippen LogP contribution in [-0.2, 0) is 4.79 Å². The normalized spacial score (nSPS) is 36.3. The van der Waals surface area contributed by atoms with Crippen molar-refractivity contribution in [3.05, 3.63) is 0 Å². The standard InChI is InChI=1S/C10H18FNO/c1-7-3-2-4-8(10(12)13)5-6-9(7)11/h7-9H,2-6H2,1H3,(H2,12,13). The van der Waals surface area contributed by atoms with Gasteiger partial charge >= 0.3 is 0 Å². The van der Waals surface area contributed by atoms with Crippen molar-refractivity contribution < 1.29 is 9.18 Å². The first kappa shape index (κ1) is 10.5. The van der Waals surface area contributed by atoms with Crippen LogP contribution in [0, 0.1) is 11.8 Å². The zero-order valence-electron chi connectivity index (χ0n) is 8.13. The van der Waals surface area contributed by atoms with Crippen molar-refractivity contribution in [3.8, 4) is 0 Å². The van der Waals surface area contributed by atoms with E-state index in [0.717, 1.165) is 19.3 Å². The van der Waals surface area contributed by atoms with Crippen molar-refractivity contribution >= 4 is 5.91 Å². The number of primary amides is 1. The van der Waals surface area contributed by atoms with Gasteiger partial charge < -0.3 is 5.73 Å². The molecule has 0 heterocycles. The third-order valence-electron chi connectivity index (χ3n) is 3.02. The molecular formula is C10H18FNO. The van der Waals surface area contributed by atoms with Crippen LogP contribution in [0.3, 0.4) is 0 Å². The van der Waals surface area contributed by atoms with Crippen molar-refractivity contribution in [2.24, 2.45) is 17.6 Å². The number of alkyl halides is 1. The van der Waals surface area contributed by atoms with E-state index in [4.69, 9.17) is 5.73 Å². The first-order chi connectivity index (χ1) is 6.11. The van der Waals surface area contributed by atoms with Crippen LogP contribution in [-0.4, -0.2) is 12.1 Å². The van der Waals surface area contributed by atoms with Crippen molar-refractivity contribution in [2.75, 3.05) is 0 Å². The predicted molar refractivity (Wildman–Crippen MR) is 49.8 cm³/mol. The van der Waals surface area contributed by atoms with E-state index in [2.05, 4.69) is 0 Å². The summed E-state index contributed by atoms with van der Waals surface area (Å²) >= 11 is 0. The Balaban J connectivity index is 2.46. The quantitative estimate of drug-likeness (QED) is 0.670. The zero-order valence-corrected chi connectivity index (χ0v) is 8.13. The van der Waals surface area contributed by atoms with Crippen molar-refractivity contribution in [1.82, 2.24) is 0 Å². The lowest BCUT2D eigenvalue weighted by Gasteiger charge is -2.23. The fourth-order valence-corrected chi connectivity index (χ4v) is 1.94. The molecule has 76 valence electrons. The van der Waals surface area contributed by atoms with Gasteiger partial charge in [0.1, 0.15) is 6.17 Å². The summed E-state index contributed by atoms with van der Waals surface area (Å²) in [5.41, 5.74) is 5.21. The van der Waals surface area contributed by atoms with Gasteiger partial charge in [-0.2, -0.15) is 0 Å². The molecule has 1 aliphatic rings. The largest absolute Gasteiger partial charge is 0.369 e. The topological polar surface area (TPSA) is 43.1 Å². The van der Waals surface area contributed by atoms with Gasteiger partial charge in [0, 0.05) is 5.92 Å². The lowest BCUT2D eigenvalue weighted by Crippen LogP contribution is -2.27. The SMILES string of the molecule is CC1CCCC(C(N)=O)CCC1F. The summed E-state index contributed by atoms with van der Waals surface area (Å²) in [6, 6.07) is 0. The average Bonchev–Trinajstić information content (AvgIpc) is 2.06. The molecule has 0 saturated heterocycles. The second kappa shape index (κ2) is 4.58. The molecule has 3 heteroatoms. The van der Waals surface area contributed by atoms with Gasteiger partial charge in [0.15, 0.2) is 0 Å². The van der Waals surface area contributed by atoms with Crippen molar-refractivity contribution in [2.45, 2.75) is 45.2 Å². The maximum atomic E-state index is 13.3. The first-order valence-electron chi connectivity index (χ1n) is 5.04. The van der Waals surface area contributed by atoms with E-state index in [1.165, 1.54) is 0 Å². The van der Waals surface area contributed by atoms with Gasteiger partial charge in [-0.05, 0) is 31.6 Å². The van der Waals surface area contributed by atoms with Crippen LogP contribution >= 0.6 is 0 Å². The Kier molecular flexibility index (Phi) is 3.70. The van der Waals surface area contributed by atoms with Gasteiger partial charge in [-0.15, -0.1) is 0 Å². The van der Waals surface area contributed by atoms with E-state index < -0.39 is 6.17 Å². The van der Waals surface area contributed by atoms with E-state index in [1.54, 1.807) is 0 Å². The molecule has 0 aromatic heterocycles. The molecule has 2 N–H and O–H groups in total. The Bertz CT molecular complexity index is 184. The summed E-state index contributed by atoms with van der Waals surface area (Å²) in [5.74, 6) is -0.207. The van der Waals surface area contributed by atoms with E-state index in [1.807, 2.05) is 6.92 Å². The van der Waals surface area contributed by atoms with Crippen LogP contribution in [0.4, 0.5) is 4.39 Å². The number of hydrogen-bond acceptors (Lipinski definition) is 1. The number of carbonyl (C=O) groups is 1. The number of carbonyl (C=O) groups excluding carboxylic acids is 1. The van der Waals surface area contributed by atoms with Crippen LogP contribution in [0.2, 0.25) is 0 Å². The smallest absolute Gasteiger partial charge is 0.220 e. The highest BCUT2D eigenvalue weighted by Gasteiger charge is 2.24. The minimum Gasteiger partial charge on any atom is -0.369 e. The first-order valence-corrected chi connectivity index (χ1v) is 5.04. The van der Waals surface area contributed by atoms with Crippen molar-refractivity contribution in [3.63, 3.8) is 0 Å². The van der Waals surface area contributed by atoms with E-state index in [-0.39, 0.29) is 17.7 Å². The fraction of sp³-hybridized carbons (Fsp3) is 0.900. The molecule has 3 atom stereocenters. The molecule has 0 bridgehead atoms. The number of rotatable bonds is 1. The number of nitrogens with two attached hydrogens (primary N) is 1. The highest BCUT2D eigenvalue weighted by Crippen LogP contribution is 2.27. The van der Waals surface area contributed by atoms with Crippen molar-refractivity contribution in [1.29, 1.82) is 0 Å². The molecule has 0 spiro atoms. The van der Waals surface area contributed by atoms with Crippen LogP contribution in [0.1, 0.15) is 39.0 Å². The lowest BCUT2D eigenvalue weighted by atomic mass is 9.85. The van der Waals surface area contributed by atoms with Crippen LogP contribution < -0.4 is 5.73 Å². The molecule has 1 fully saturated rings. The second-order valence-corrected chi connectivity index (χ2v) is 4.10. The van der Waals surface area contributed by atoms with Gasteiger partial charge in [0.2, 0.25) is 5.91 Å². The monoisotopic (exact) mass is 187 g/mol. The molecule has 1 saturated carbocycles. The summed E-state index contributed by atoms with van der Waals surface area (Å²) in [4.78, 5) is 10.9. The van der Waals surface area contributed by atoms with Gasteiger partial charge in [-0.1, -0.05) is 13.3 Å². The summed E-state index contributed by atoms with van der Waals surface area (Å²) < 4.78 is 13.3. The number of amides is 1. The molecule has 3 unspecified atom stereocenters. The Labute approximate surface area is 78.7 Å². The molecule has 0 aromatic carbocycles. The van der Waals surface area contributed by atoms with E-state index in [0.29, 0.717) is 12.8 Å². The van der Waals surface area contributed by atoms with Crippen LogP contribution in [0.5, 0.6) is 0 Å². The van der Waals surface area contributed by atoms with E-state index >= 15 is 0 Å². The molecule has 0 radical (unpaired) electrons. The van der Waals surface area contributed by atoms with Gasteiger partial charge in [0.05, 0.1) is 0 Å². The van der Waals surface area contributed by atoms with Gasteiger partial charge in [-0.25, -0.2) is 4.39 Å². The lowest BCUT2D eigenvalue weighted by molar-refractivity contribution is -0.122. The van der Waals surface area contributed by atoms with Gasteiger partial charge in [0.25, 0.3) is 0 Å². The van der Waals surface area contributed by atoms with E-state index in [9.17, 15) is 9.18 Å². The zero-order chi connectivity index (χ0) is 9.84. The van der Waals surface area contributed by atoms with Crippen LogP contribution in [0.15, 0.2) is 0 Å². The summed E-state index contributed by atoms with van der Waals surface area (Å²) in [6.45, 7) is 1.94. The highest BCUT2D eigenvalue weighted by molar-refractivity contribution is 5.76. The average molecular weight is 187 g/mol. The Morgan fingerprint density at radius 1 is 1.31 bits per heavy atom. The Hall–Kier alpha value is -0.600. The molecule has 1 amide bonds. The molecule has 1 rings (SSSR count). The Morgan fingerprint density at radius 2 is 2.00 bits per heavy atom. The second-order valence-electron chi connectivity index (χ2n) is 4.10. The molecule has 1 aliphatic carbocycles. The van der Waals surface area contributed by atoms with Gasteiger partial charge in [-0.3, -0.25) is 4.79 Å². The highest BCUT2D eigenvalue weighted by atomic mass is 19.1. The summed E-state index contributed by atoms with van der Waals surface area (Å²) in [5, 5.41) is 0. The molecule has 2 nitrogen and oxygen atoms in total. The maximum absolute atomic E-state index is 13.3. The molecule has 13 heavy (non-hydrogen) atoms. The third-order valence-corrected chi connectivity index (χ3v) is 3.02. The minimum atomic E-state index is -0.748. The molecule has 0 aromatic rings. The minimum absolute atomic E-state index is 0.0919. The molecule has 0 aliphatic heterocycles. The predicted octanol–water partition coefficient (Wildman–Crippen LogP) is 2.03. The summed E-state index contributed by atoms with van der Waals surface area (Å²) in [6.07, 6.45) is 3.02. The number of hydrogen-bond donors (Lipinski definition) is 1. The van der Waals surface area contributed by atoms with Crippen LogP contribution in [0.25, 0.3) is 0 Å². The molecular weight excluding hydrogens is 169 g/mol. The Morgan fingerprint density at radius 3 is 2.62 bits per heavy atom.